The third-order valence-electron chi connectivity index (χ3n) is 3.87. The molecule has 1 N–H and O–H groups in total. The first-order valence-corrected chi connectivity index (χ1v) is 7.61. The smallest absolute Gasteiger partial charge is 0.137 e. The maximum atomic E-state index is 5.79. The Bertz CT molecular complexity index is 438. The highest BCUT2D eigenvalue weighted by molar-refractivity contribution is 5.59. The fourth-order valence-electron chi connectivity index (χ4n) is 2.79. The van der Waals surface area contributed by atoms with Gasteiger partial charge in [-0.1, -0.05) is 20.3 Å². The highest BCUT2D eigenvalue weighted by Gasteiger charge is 2.28. The van der Waals surface area contributed by atoms with Gasteiger partial charge in [-0.2, -0.15) is 0 Å². The molecule has 2 heterocycles. The van der Waals surface area contributed by atoms with Crippen molar-refractivity contribution in [1.82, 2.24) is 9.97 Å². The van der Waals surface area contributed by atoms with Crippen LogP contribution in [0.25, 0.3) is 0 Å². The molecule has 0 aromatic carbocycles. The first-order chi connectivity index (χ1) is 9.71. The van der Waals surface area contributed by atoms with E-state index < -0.39 is 0 Å². The zero-order chi connectivity index (χ0) is 14.5. The summed E-state index contributed by atoms with van der Waals surface area (Å²) in [5.41, 5.74) is 1.23. The van der Waals surface area contributed by atoms with Crippen molar-refractivity contribution in [3.05, 3.63) is 11.9 Å². The molecule has 5 heteroatoms. The molecule has 1 fully saturated rings. The fraction of sp³-hybridized carbons (Fsp3) is 0.733. The topological polar surface area (TPSA) is 50.3 Å². The van der Waals surface area contributed by atoms with Crippen LogP contribution in [0.15, 0.2) is 6.33 Å². The van der Waals surface area contributed by atoms with Crippen molar-refractivity contribution in [2.24, 2.45) is 0 Å². The molecule has 1 saturated heterocycles. The van der Waals surface area contributed by atoms with E-state index in [1.54, 1.807) is 6.33 Å². The third kappa shape index (κ3) is 3.03. The average molecular weight is 278 g/mol. The maximum Gasteiger partial charge on any atom is 0.137 e. The molecular weight excluding hydrogens is 252 g/mol. The molecule has 2 unspecified atom stereocenters. The molecule has 1 aliphatic heterocycles. The number of anilines is 2. The minimum atomic E-state index is 0.250. The van der Waals surface area contributed by atoms with E-state index in [4.69, 9.17) is 4.74 Å². The Balaban J connectivity index is 2.38. The predicted molar refractivity (Wildman–Crippen MR) is 82.4 cm³/mol. The number of hydrogen-bond donors (Lipinski definition) is 1. The summed E-state index contributed by atoms with van der Waals surface area (Å²) >= 11 is 0. The molecule has 0 spiro atoms. The lowest BCUT2D eigenvalue weighted by Gasteiger charge is -2.40. The zero-order valence-electron chi connectivity index (χ0n) is 13.0. The van der Waals surface area contributed by atoms with Crippen molar-refractivity contribution in [3.8, 4) is 0 Å². The first-order valence-electron chi connectivity index (χ1n) is 7.61. The zero-order valence-corrected chi connectivity index (χ0v) is 13.0. The summed E-state index contributed by atoms with van der Waals surface area (Å²) in [6, 6.07) is 0.404. The normalized spacial score (nSPS) is 22.9. The fourth-order valence-corrected chi connectivity index (χ4v) is 2.79. The minimum absolute atomic E-state index is 0.250. The lowest BCUT2D eigenvalue weighted by molar-refractivity contribution is 0.0295. The molecule has 1 aromatic rings. The van der Waals surface area contributed by atoms with E-state index in [0.717, 1.165) is 44.0 Å². The number of morpholine rings is 1. The summed E-state index contributed by atoms with van der Waals surface area (Å²) in [5.74, 6) is 2.03. The number of rotatable bonds is 5. The summed E-state index contributed by atoms with van der Waals surface area (Å²) < 4.78 is 5.79. The molecule has 112 valence electrons. The third-order valence-corrected chi connectivity index (χ3v) is 3.87. The van der Waals surface area contributed by atoms with E-state index in [9.17, 15) is 0 Å². The van der Waals surface area contributed by atoms with Gasteiger partial charge in [-0.15, -0.1) is 0 Å². The number of hydrogen-bond acceptors (Lipinski definition) is 5. The van der Waals surface area contributed by atoms with Crippen LogP contribution in [0.3, 0.4) is 0 Å². The first kappa shape index (κ1) is 15.0. The van der Waals surface area contributed by atoms with Gasteiger partial charge in [-0.25, -0.2) is 9.97 Å². The highest BCUT2D eigenvalue weighted by Crippen LogP contribution is 2.29. The summed E-state index contributed by atoms with van der Waals surface area (Å²) in [4.78, 5) is 11.3. The molecular formula is C15H26N4O. The van der Waals surface area contributed by atoms with Crippen LogP contribution in [0.4, 0.5) is 11.6 Å². The largest absolute Gasteiger partial charge is 0.375 e. The lowest BCUT2D eigenvalue weighted by Crippen LogP contribution is -2.49. The van der Waals surface area contributed by atoms with E-state index in [0.29, 0.717) is 6.04 Å². The summed E-state index contributed by atoms with van der Waals surface area (Å²) in [7, 11) is 1.92. The molecule has 0 radical (unpaired) electrons. The maximum absolute atomic E-state index is 5.79. The van der Waals surface area contributed by atoms with Gasteiger partial charge in [0.05, 0.1) is 18.8 Å². The Morgan fingerprint density at radius 3 is 2.85 bits per heavy atom. The van der Waals surface area contributed by atoms with Gasteiger partial charge in [0, 0.05) is 19.2 Å². The van der Waals surface area contributed by atoms with Crippen LogP contribution in [0.1, 0.15) is 39.2 Å². The van der Waals surface area contributed by atoms with Crippen LogP contribution in [0.5, 0.6) is 0 Å². The van der Waals surface area contributed by atoms with Crippen molar-refractivity contribution in [3.63, 3.8) is 0 Å². The van der Waals surface area contributed by atoms with Gasteiger partial charge in [0.15, 0.2) is 0 Å². The lowest BCUT2D eigenvalue weighted by atomic mass is 10.1. The standard InChI is InChI=1S/C15H26N4O/c1-5-7-13-14(16-4)17-10-18-15(13)19-8-11(3)20-9-12(19)6-2/h10-12H,5-9H2,1-4H3,(H,16,17,18). The number of aromatic nitrogens is 2. The molecule has 2 atom stereocenters. The van der Waals surface area contributed by atoms with E-state index >= 15 is 0 Å². The van der Waals surface area contributed by atoms with Crippen molar-refractivity contribution in [2.45, 2.75) is 52.2 Å². The SMILES string of the molecule is CCCc1c(NC)ncnc1N1CC(C)OCC1CC. The number of ether oxygens (including phenoxy) is 1. The van der Waals surface area contributed by atoms with Crippen LogP contribution in [-0.4, -0.2) is 42.3 Å². The Morgan fingerprint density at radius 1 is 1.40 bits per heavy atom. The average Bonchev–Trinajstić information content (AvgIpc) is 2.47. The van der Waals surface area contributed by atoms with E-state index in [2.05, 4.69) is 41.0 Å². The van der Waals surface area contributed by atoms with Crippen LogP contribution in [-0.2, 0) is 11.2 Å². The summed E-state index contributed by atoms with van der Waals surface area (Å²) in [5, 5.41) is 3.19. The second kappa shape index (κ2) is 6.88. The van der Waals surface area contributed by atoms with E-state index in [1.165, 1.54) is 5.56 Å². The number of nitrogens with zero attached hydrogens (tertiary/aromatic N) is 3. The minimum Gasteiger partial charge on any atom is -0.375 e. The second-order valence-electron chi connectivity index (χ2n) is 5.38. The molecule has 1 aromatic heterocycles. The summed E-state index contributed by atoms with van der Waals surface area (Å²) in [6.45, 7) is 8.20. The van der Waals surface area contributed by atoms with Crippen LogP contribution >= 0.6 is 0 Å². The van der Waals surface area contributed by atoms with Crippen LogP contribution < -0.4 is 10.2 Å². The Kier molecular flexibility index (Phi) is 5.17. The summed E-state index contributed by atoms with van der Waals surface area (Å²) in [6.07, 6.45) is 5.06. The van der Waals surface area contributed by atoms with Crippen molar-refractivity contribution in [2.75, 3.05) is 30.4 Å². The Hall–Kier alpha value is -1.36. The van der Waals surface area contributed by atoms with Crippen LogP contribution in [0.2, 0.25) is 0 Å². The molecule has 0 aliphatic carbocycles. The van der Waals surface area contributed by atoms with Gasteiger partial charge in [-0.05, 0) is 19.8 Å². The molecule has 1 aliphatic rings. The highest BCUT2D eigenvalue weighted by atomic mass is 16.5. The molecule has 0 bridgehead atoms. The van der Waals surface area contributed by atoms with Gasteiger partial charge < -0.3 is 15.0 Å². The van der Waals surface area contributed by atoms with Crippen molar-refractivity contribution in [1.29, 1.82) is 0 Å². The molecule has 2 rings (SSSR count). The molecule has 5 nitrogen and oxygen atoms in total. The Labute approximate surface area is 121 Å². The van der Waals surface area contributed by atoms with Crippen molar-refractivity contribution >= 4 is 11.6 Å². The van der Waals surface area contributed by atoms with Crippen LogP contribution in [0, 0.1) is 0 Å². The molecule has 0 saturated carbocycles. The monoisotopic (exact) mass is 278 g/mol. The van der Waals surface area contributed by atoms with Gasteiger partial charge >= 0.3 is 0 Å². The van der Waals surface area contributed by atoms with E-state index in [-0.39, 0.29) is 6.10 Å². The number of nitrogens with one attached hydrogen (secondary N) is 1. The quantitative estimate of drug-likeness (QED) is 0.896. The Morgan fingerprint density at radius 2 is 2.20 bits per heavy atom. The second-order valence-corrected chi connectivity index (χ2v) is 5.38. The van der Waals surface area contributed by atoms with Gasteiger partial charge in [0.2, 0.25) is 0 Å². The van der Waals surface area contributed by atoms with Crippen molar-refractivity contribution < 1.29 is 4.74 Å². The molecule has 0 amide bonds. The van der Waals surface area contributed by atoms with E-state index in [1.807, 2.05) is 7.05 Å². The molecule has 20 heavy (non-hydrogen) atoms. The van der Waals surface area contributed by atoms with Gasteiger partial charge in [-0.3, -0.25) is 0 Å². The predicted octanol–water partition coefficient (Wildman–Crippen LogP) is 2.47. The van der Waals surface area contributed by atoms with Gasteiger partial charge in [0.1, 0.15) is 18.0 Å². The van der Waals surface area contributed by atoms with Gasteiger partial charge in [0.25, 0.3) is 0 Å².